The van der Waals surface area contributed by atoms with Crippen LogP contribution in [0, 0.1) is 5.92 Å². The highest BCUT2D eigenvalue weighted by Gasteiger charge is 2.34. The van der Waals surface area contributed by atoms with Crippen molar-refractivity contribution >= 4 is 27.1 Å². The van der Waals surface area contributed by atoms with Crippen LogP contribution in [0.4, 0.5) is 4.39 Å². The molecule has 4 heteroatoms. The van der Waals surface area contributed by atoms with E-state index in [0.29, 0.717) is 22.8 Å². The van der Waals surface area contributed by atoms with Crippen LogP contribution in [0.3, 0.4) is 0 Å². The zero-order valence-corrected chi connectivity index (χ0v) is 18.4. The zero-order valence-electron chi connectivity index (χ0n) is 16.8. The predicted molar refractivity (Wildman–Crippen MR) is 111 cm³/mol. The summed E-state index contributed by atoms with van der Waals surface area (Å²) < 4.78 is 21.2. The highest BCUT2D eigenvalue weighted by molar-refractivity contribution is 9.10. The fraction of sp³-hybridized carbons (Fsp3) is 0.545. The summed E-state index contributed by atoms with van der Waals surface area (Å²) in [6, 6.07) is 2.04. The first-order chi connectivity index (χ1) is 12.0. The monoisotopic (exact) mass is 424 g/mol. The predicted octanol–water partition coefficient (Wildman–Crippen LogP) is 6.65. The minimum absolute atomic E-state index is 0.0418. The number of benzene rings is 1. The van der Waals surface area contributed by atoms with Crippen LogP contribution >= 0.6 is 15.9 Å². The molecular weight excluding hydrogens is 395 g/mol. The average molecular weight is 425 g/mol. The van der Waals surface area contributed by atoms with Gasteiger partial charge < -0.3 is 9.84 Å². The largest absolute Gasteiger partial charge is 0.489 e. The highest BCUT2D eigenvalue weighted by atomic mass is 79.9. The topological polar surface area (TPSA) is 29.5 Å². The Morgan fingerprint density at radius 2 is 1.92 bits per heavy atom. The Morgan fingerprint density at radius 1 is 1.31 bits per heavy atom. The van der Waals surface area contributed by atoms with Crippen molar-refractivity contribution in [1.82, 2.24) is 0 Å². The number of allylic oxidation sites excluding steroid dienone is 3. The molecule has 0 spiro atoms. The molecule has 0 aliphatic heterocycles. The number of ether oxygens (including phenoxy) is 1. The van der Waals surface area contributed by atoms with E-state index in [2.05, 4.69) is 49.7 Å². The van der Waals surface area contributed by atoms with Crippen LogP contribution in [-0.4, -0.2) is 17.8 Å². The maximum Gasteiger partial charge on any atom is 0.141 e. The number of fused-ring (bicyclic) bond motifs is 1. The van der Waals surface area contributed by atoms with Crippen LogP contribution < -0.4 is 4.74 Å². The van der Waals surface area contributed by atoms with Crippen molar-refractivity contribution in [1.29, 1.82) is 0 Å². The molecule has 0 unspecified atom stereocenters. The van der Waals surface area contributed by atoms with Gasteiger partial charge in [0, 0.05) is 5.56 Å². The first-order valence-corrected chi connectivity index (χ1v) is 10.0. The van der Waals surface area contributed by atoms with Gasteiger partial charge >= 0.3 is 0 Å². The lowest BCUT2D eigenvalue weighted by molar-refractivity contribution is 0.239. The molecule has 0 saturated carbocycles. The summed E-state index contributed by atoms with van der Waals surface area (Å²) in [6.07, 6.45) is 3.21. The Balaban J connectivity index is 2.89. The number of hydrogen-bond donors (Lipinski definition) is 1. The van der Waals surface area contributed by atoms with Gasteiger partial charge in [0.25, 0.3) is 0 Å². The van der Waals surface area contributed by atoms with Gasteiger partial charge in [0.1, 0.15) is 11.6 Å². The lowest BCUT2D eigenvalue weighted by atomic mass is 9.70. The van der Waals surface area contributed by atoms with Crippen LogP contribution in [0.1, 0.15) is 71.6 Å². The van der Waals surface area contributed by atoms with Gasteiger partial charge in [-0.25, -0.2) is 4.39 Å². The van der Waals surface area contributed by atoms with Crippen molar-refractivity contribution in [2.24, 2.45) is 5.92 Å². The number of aliphatic hydroxyl groups is 1. The smallest absolute Gasteiger partial charge is 0.141 e. The molecule has 0 bridgehead atoms. The summed E-state index contributed by atoms with van der Waals surface area (Å²) in [5.74, 6) is 0.488. The van der Waals surface area contributed by atoms with E-state index >= 15 is 0 Å². The van der Waals surface area contributed by atoms with Crippen molar-refractivity contribution in [2.45, 2.75) is 66.4 Å². The van der Waals surface area contributed by atoms with E-state index in [-0.39, 0.29) is 11.5 Å². The molecule has 2 nitrogen and oxygen atoms in total. The van der Waals surface area contributed by atoms with Gasteiger partial charge in [0.15, 0.2) is 0 Å². The summed E-state index contributed by atoms with van der Waals surface area (Å²) in [6.45, 7) is 13.8. The van der Waals surface area contributed by atoms with Gasteiger partial charge in [-0.15, -0.1) is 0 Å². The minimum atomic E-state index is -0.611. The van der Waals surface area contributed by atoms with Gasteiger partial charge in [0.05, 0.1) is 17.2 Å². The Kier molecular flexibility index (Phi) is 6.40. The molecule has 0 fully saturated rings. The maximum absolute atomic E-state index is 14.2. The third kappa shape index (κ3) is 3.91. The second kappa shape index (κ2) is 7.85. The summed E-state index contributed by atoms with van der Waals surface area (Å²) in [7, 11) is 0. The Morgan fingerprint density at radius 3 is 2.42 bits per heavy atom. The van der Waals surface area contributed by atoms with Crippen molar-refractivity contribution in [3.05, 3.63) is 39.1 Å². The summed E-state index contributed by atoms with van der Waals surface area (Å²) in [5, 5.41) is 9.27. The fourth-order valence-electron chi connectivity index (χ4n) is 3.54. The van der Waals surface area contributed by atoms with Gasteiger partial charge in [-0.1, -0.05) is 33.8 Å². The number of halogens is 2. The van der Waals surface area contributed by atoms with E-state index in [1.165, 1.54) is 11.1 Å². The van der Waals surface area contributed by atoms with Crippen molar-refractivity contribution in [3.63, 3.8) is 0 Å². The van der Waals surface area contributed by atoms with E-state index < -0.39 is 12.4 Å². The van der Waals surface area contributed by atoms with E-state index in [1.807, 2.05) is 19.9 Å². The van der Waals surface area contributed by atoms with Crippen LogP contribution in [0.25, 0.3) is 11.1 Å². The van der Waals surface area contributed by atoms with E-state index in [0.717, 1.165) is 16.5 Å². The molecule has 1 N–H and O–H groups in total. The standard InChI is InChI=1S/C22H30BrFO2/c1-12(2)15-8-9-22(6,7)19-17(15)10-16(14(5)18(24)11-25)21(20(19)23)26-13(3)4/h8,10,12-13,25H,9,11H2,1-7H3. The molecule has 26 heavy (non-hydrogen) atoms. The lowest BCUT2D eigenvalue weighted by Crippen LogP contribution is -2.24. The molecule has 144 valence electrons. The van der Waals surface area contributed by atoms with Gasteiger partial charge in [-0.05, 0) is 82.8 Å². The molecule has 1 aliphatic rings. The maximum atomic E-state index is 14.2. The number of hydrogen-bond acceptors (Lipinski definition) is 2. The van der Waals surface area contributed by atoms with Crippen LogP contribution in [0.2, 0.25) is 0 Å². The van der Waals surface area contributed by atoms with Crippen molar-refractivity contribution in [3.8, 4) is 5.75 Å². The second-order valence-corrected chi connectivity index (χ2v) is 9.04. The highest BCUT2D eigenvalue weighted by Crippen LogP contribution is 2.50. The van der Waals surface area contributed by atoms with E-state index in [9.17, 15) is 9.50 Å². The Hall–Kier alpha value is -1.13. The normalized spacial score (nSPS) is 17.2. The van der Waals surface area contributed by atoms with Gasteiger partial charge in [-0.3, -0.25) is 0 Å². The lowest BCUT2D eigenvalue weighted by Gasteiger charge is -2.36. The molecule has 1 aliphatic carbocycles. The molecule has 0 radical (unpaired) electrons. The molecule has 1 aromatic carbocycles. The van der Waals surface area contributed by atoms with Crippen LogP contribution in [0.5, 0.6) is 5.75 Å². The molecule has 2 rings (SSSR count). The Labute approximate surface area is 165 Å². The summed E-state index contributed by atoms with van der Waals surface area (Å²) in [4.78, 5) is 0. The minimum Gasteiger partial charge on any atom is -0.489 e. The quantitative estimate of drug-likeness (QED) is 0.572. The van der Waals surface area contributed by atoms with Crippen molar-refractivity contribution in [2.75, 3.05) is 6.61 Å². The van der Waals surface area contributed by atoms with E-state index in [4.69, 9.17) is 4.74 Å². The second-order valence-electron chi connectivity index (χ2n) is 8.25. The molecule has 1 aromatic rings. The third-order valence-electron chi connectivity index (χ3n) is 4.97. The SMILES string of the molecule is CC(=C(F)CO)c1cc2c(c(Br)c1OC(C)C)C(C)(C)CC=C2C(C)C. The third-order valence-corrected chi connectivity index (χ3v) is 5.72. The molecule has 0 amide bonds. The molecule has 0 atom stereocenters. The fourth-order valence-corrected chi connectivity index (χ4v) is 4.60. The summed E-state index contributed by atoms with van der Waals surface area (Å²) in [5.41, 5.74) is 4.68. The molecular formula is C22H30BrFO2. The van der Waals surface area contributed by atoms with Gasteiger partial charge in [-0.2, -0.15) is 0 Å². The zero-order chi connectivity index (χ0) is 19.8. The number of rotatable bonds is 5. The van der Waals surface area contributed by atoms with Gasteiger partial charge in [0.2, 0.25) is 0 Å². The molecule has 0 aromatic heterocycles. The first kappa shape index (κ1) is 21.2. The average Bonchev–Trinajstić information content (AvgIpc) is 2.54. The summed E-state index contributed by atoms with van der Waals surface area (Å²) >= 11 is 3.78. The van der Waals surface area contributed by atoms with Crippen molar-refractivity contribution < 1.29 is 14.2 Å². The van der Waals surface area contributed by atoms with E-state index in [1.54, 1.807) is 6.92 Å². The Bertz CT molecular complexity index is 758. The van der Waals surface area contributed by atoms with Crippen LogP contribution in [0.15, 0.2) is 22.4 Å². The first-order valence-electron chi connectivity index (χ1n) is 9.21. The number of aliphatic hydroxyl groups excluding tert-OH is 1. The van der Waals surface area contributed by atoms with Crippen LogP contribution in [-0.2, 0) is 5.41 Å². The molecule has 0 saturated heterocycles. The molecule has 0 heterocycles.